The lowest BCUT2D eigenvalue weighted by molar-refractivity contribution is -0.128. The standard InChI is InChI=1S/C20H25NO5S/c1-5-19(15-6-12-18(13-7-15)27(4,23)24)21-20(22)14(2)26-17-10-8-16(25-3)9-11-17/h6-14,19H,5H2,1-4H3,(H,21,22)/t14-,19-/m1/s1. The molecular formula is C20H25NO5S. The Hall–Kier alpha value is -2.54. The van der Waals surface area contributed by atoms with Gasteiger partial charge in [0.25, 0.3) is 5.91 Å². The summed E-state index contributed by atoms with van der Waals surface area (Å²) >= 11 is 0. The molecule has 0 saturated heterocycles. The molecule has 0 heterocycles. The molecule has 0 spiro atoms. The fraction of sp³-hybridized carbons (Fsp3) is 0.350. The summed E-state index contributed by atoms with van der Waals surface area (Å²) in [6.45, 7) is 3.63. The number of benzene rings is 2. The zero-order valence-corrected chi connectivity index (χ0v) is 16.7. The SMILES string of the molecule is CC[C@@H](NC(=O)[C@@H](C)Oc1ccc(OC)cc1)c1ccc(S(C)(=O)=O)cc1. The molecule has 0 radical (unpaired) electrons. The van der Waals surface area contributed by atoms with Crippen LogP contribution in [-0.4, -0.2) is 33.8 Å². The van der Waals surface area contributed by atoms with Gasteiger partial charge in [0.05, 0.1) is 18.0 Å². The van der Waals surface area contributed by atoms with Crippen LogP contribution in [0.25, 0.3) is 0 Å². The highest BCUT2D eigenvalue weighted by Gasteiger charge is 2.20. The molecule has 0 aliphatic carbocycles. The minimum absolute atomic E-state index is 0.229. The van der Waals surface area contributed by atoms with Gasteiger partial charge < -0.3 is 14.8 Å². The number of sulfone groups is 1. The van der Waals surface area contributed by atoms with Gasteiger partial charge in [-0.15, -0.1) is 0 Å². The minimum Gasteiger partial charge on any atom is -0.497 e. The van der Waals surface area contributed by atoms with Crippen molar-refractivity contribution in [3.8, 4) is 11.5 Å². The van der Waals surface area contributed by atoms with Crippen LogP contribution in [-0.2, 0) is 14.6 Å². The third kappa shape index (κ3) is 5.72. The molecule has 1 amide bonds. The predicted molar refractivity (Wildman–Crippen MR) is 104 cm³/mol. The van der Waals surface area contributed by atoms with Gasteiger partial charge in [-0.3, -0.25) is 4.79 Å². The van der Waals surface area contributed by atoms with E-state index in [4.69, 9.17) is 9.47 Å². The zero-order valence-electron chi connectivity index (χ0n) is 15.9. The largest absolute Gasteiger partial charge is 0.497 e. The highest BCUT2D eigenvalue weighted by atomic mass is 32.2. The maximum atomic E-state index is 12.5. The van der Waals surface area contributed by atoms with E-state index in [1.165, 1.54) is 6.26 Å². The van der Waals surface area contributed by atoms with Gasteiger partial charge in [-0.1, -0.05) is 19.1 Å². The van der Waals surface area contributed by atoms with Crippen LogP contribution in [0.5, 0.6) is 11.5 Å². The van der Waals surface area contributed by atoms with E-state index >= 15 is 0 Å². The van der Waals surface area contributed by atoms with E-state index in [0.29, 0.717) is 17.9 Å². The number of rotatable bonds is 8. The van der Waals surface area contributed by atoms with Gasteiger partial charge in [0.1, 0.15) is 11.5 Å². The summed E-state index contributed by atoms with van der Waals surface area (Å²) in [7, 11) is -1.66. The van der Waals surface area contributed by atoms with Gasteiger partial charge in [0, 0.05) is 6.26 Å². The van der Waals surface area contributed by atoms with Crippen LogP contribution < -0.4 is 14.8 Å². The third-order valence-electron chi connectivity index (χ3n) is 4.18. The fourth-order valence-corrected chi connectivity index (χ4v) is 3.20. The molecule has 0 unspecified atom stereocenters. The smallest absolute Gasteiger partial charge is 0.261 e. The average molecular weight is 391 g/mol. The first kappa shape index (κ1) is 20.8. The van der Waals surface area contributed by atoms with Crippen LogP contribution in [0.1, 0.15) is 31.9 Å². The maximum Gasteiger partial charge on any atom is 0.261 e. The second-order valence-corrected chi connectivity index (χ2v) is 8.26. The average Bonchev–Trinajstić information content (AvgIpc) is 2.66. The molecule has 0 fully saturated rings. The Kier molecular flexibility index (Phi) is 6.85. The lowest BCUT2D eigenvalue weighted by Crippen LogP contribution is -2.38. The molecule has 2 rings (SSSR count). The monoisotopic (exact) mass is 391 g/mol. The number of ether oxygens (including phenoxy) is 2. The first-order valence-electron chi connectivity index (χ1n) is 8.65. The topological polar surface area (TPSA) is 81.7 Å². The molecule has 2 atom stereocenters. The Bertz CT molecular complexity index is 860. The summed E-state index contributed by atoms with van der Waals surface area (Å²) in [5.74, 6) is 1.04. The van der Waals surface area contributed by atoms with Gasteiger partial charge in [0.2, 0.25) is 0 Å². The second-order valence-electron chi connectivity index (χ2n) is 6.25. The van der Waals surface area contributed by atoms with E-state index < -0.39 is 15.9 Å². The number of carbonyl (C=O) groups excluding carboxylic acids is 1. The first-order chi connectivity index (χ1) is 12.7. The van der Waals surface area contributed by atoms with E-state index in [2.05, 4.69) is 5.32 Å². The zero-order chi connectivity index (χ0) is 20.0. The van der Waals surface area contributed by atoms with Gasteiger partial charge in [-0.2, -0.15) is 0 Å². The normalized spacial score (nSPS) is 13.5. The predicted octanol–water partition coefficient (Wildman–Crippen LogP) is 3.13. The number of amides is 1. The number of carbonyl (C=O) groups is 1. The van der Waals surface area contributed by atoms with E-state index in [-0.39, 0.29) is 16.8 Å². The lowest BCUT2D eigenvalue weighted by Gasteiger charge is -2.21. The maximum absolute atomic E-state index is 12.5. The summed E-state index contributed by atoms with van der Waals surface area (Å²) in [6, 6.07) is 13.3. The molecule has 1 N–H and O–H groups in total. The Morgan fingerprint density at radius 2 is 1.59 bits per heavy atom. The number of hydrogen-bond acceptors (Lipinski definition) is 5. The van der Waals surface area contributed by atoms with E-state index in [1.807, 2.05) is 6.92 Å². The molecular weight excluding hydrogens is 366 g/mol. The highest BCUT2D eigenvalue weighted by molar-refractivity contribution is 7.90. The highest BCUT2D eigenvalue weighted by Crippen LogP contribution is 2.21. The van der Waals surface area contributed by atoms with Crippen LogP contribution in [0.15, 0.2) is 53.4 Å². The summed E-state index contributed by atoms with van der Waals surface area (Å²) in [5.41, 5.74) is 0.842. The van der Waals surface area contributed by atoms with Crippen molar-refractivity contribution in [3.63, 3.8) is 0 Å². The molecule has 0 aliphatic heterocycles. The van der Waals surface area contributed by atoms with Crippen molar-refractivity contribution < 1.29 is 22.7 Å². The molecule has 2 aromatic carbocycles. The summed E-state index contributed by atoms with van der Waals surface area (Å²) < 4.78 is 33.9. The minimum atomic E-state index is -3.24. The molecule has 0 aromatic heterocycles. The van der Waals surface area contributed by atoms with Crippen molar-refractivity contribution in [2.75, 3.05) is 13.4 Å². The Morgan fingerprint density at radius 3 is 2.07 bits per heavy atom. The molecule has 27 heavy (non-hydrogen) atoms. The van der Waals surface area contributed by atoms with Crippen LogP contribution in [0, 0.1) is 0 Å². The van der Waals surface area contributed by atoms with Crippen LogP contribution >= 0.6 is 0 Å². The van der Waals surface area contributed by atoms with E-state index in [0.717, 1.165) is 5.56 Å². The Morgan fingerprint density at radius 1 is 1.04 bits per heavy atom. The van der Waals surface area contributed by atoms with E-state index in [9.17, 15) is 13.2 Å². The van der Waals surface area contributed by atoms with Gasteiger partial charge in [-0.05, 0) is 55.3 Å². The van der Waals surface area contributed by atoms with Crippen molar-refractivity contribution in [1.82, 2.24) is 5.32 Å². The quantitative estimate of drug-likeness (QED) is 0.748. The molecule has 0 bridgehead atoms. The number of methoxy groups -OCH3 is 1. The fourth-order valence-electron chi connectivity index (χ4n) is 2.57. The summed E-state index contributed by atoms with van der Waals surface area (Å²) in [4.78, 5) is 12.7. The molecule has 0 aliphatic rings. The van der Waals surface area contributed by atoms with Gasteiger partial charge >= 0.3 is 0 Å². The third-order valence-corrected chi connectivity index (χ3v) is 5.31. The summed E-state index contributed by atoms with van der Waals surface area (Å²) in [5, 5.41) is 2.95. The van der Waals surface area contributed by atoms with Crippen molar-refractivity contribution in [2.24, 2.45) is 0 Å². The van der Waals surface area contributed by atoms with Crippen LogP contribution in [0.3, 0.4) is 0 Å². The molecule has 6 nitrogen and oxygen atoms in total. The molecule has 0 saturated carbocycles. The van der Waals surface area contributed by atoms with E-state index in [1.54, 1.807) is 62.6 Å². The number of hydrogen-bond donors (Lipinski definition) is 1. The van der Waals surface area contributed by atoms with Crippen LogP contribution in [0.2, 0.25) is 0 Å². The second kappa shape index (κ2) is 8.90. The molecule has 7 heteroatoms. The lowest BCUT2D eigenvalue weighted by atomic mass is 10.0. The van der Waals surface area contributed by atoms with Crippen molar-refractivity contribution in [2.45, 2.75) is 37.3 Å². The Labute approximate surface area is 160 Å². The van der Waals surface area contributed by atoms with Crippen molar-refractivity contribution >= 4 is 15.7 Å². The van der Waals surface area contributed by atoms with Crippen LogP contribution in [0.4, 0.5) is 0 Å². The molecule has 2 aromatic rings. The molecule has 146 valence electrons. The number of nitrogens with one attached hydrogen (secondary N) is 1. The van der Waals surface area contributed by atoms with Gasteiger partial charge in [0.15, 0.2) is 15.9 Å². The Balaban J connectivity index is 2.02. The van der Waals surface area contributed by atoms with Gasteiger partial charge in [-0.25, -0.2) is 8.42 Å². The summed E-state index contributed by atoms with van der Waals surface area (Å²) in [6.07, 6.45) is 1.15. The first-order valence-corrected chi connectivity index (χ1v) is 10.5. The van der Waals surface area contributed by atoms with Crippen molar-refractivity contribution in [1.29, 1.82) is 0 Å². The van der Waals surface area contributed by atoms with Crippen molar-refractivity contribution in [3.05, 3.63) is 54.1 Å².